The van der Waals surface area contributed by atoms with Gasteiger partial charge in [-0.2, -0.15) is 5.10 Å². The Bertz CT molecular complexity index is 400. The number of rotatable bonds is 8. The van der Waals surface area contributed by atoms with Gasteiger partial charge in [-0.25, -0.2) is 4.68 Å². The summed E-state index contributed by atoms with van der Waals surface area (Å²) in [4.78, 5) is 0. The second-order valence-electron chi connectivity index (χ2n) is 5.80. The Morgan fingerprint density at radius 3 is 2.68 bits per heavy atom. The van der Waals surface area contributed by atoms with Crippen LogP contribution in [0.2, 0.25) is 0 Å². The van der Waals surface area contributed by atoms with Gasteiger partial charge in [0.2, 0.25) is 5.88 Å². The molecule has 1 aromatic rings. The van der Waals surface area contributed by atoms with Crippen LogP contribution in [-0.2, 0) is 13.6 Å². The summed E-state index contributed by atoms with van der Waals surface area (Å²) in [6.07, 6.45) is 2.06. The first-order chi connectivity index (χ1) is 8.91. The summed E-state index contributed by atoms with van der Waals surface area (Å²) < 4.78 is 7.12. The van der Waals surface area contributed by atoms with Gasteiger partial charge in [0.1, 0.15) is 0 Å². The summed E-state index contributed by atoms with van der Waals surface area (Å²) in [6.45, 7) is 8.10. The minimum atomic E-state index is 0.0174. The second-order valence-corrected chi connectivity index (χ2v) is 5.80. The summed E-state index contributed by atoms with van der Waals surface area (Å²) in [7, 11) is 3.56. The van der Waals surface area contributed by atoms with Crippen LogP contribution in [0.25, 0.3) is 0 Å². The van der Waals surface area contributed by atoms with Crippen molar-refractivity contribution < 1.29 is 9.84 Å². The Morgan fingerprint density at radius 2 is 2.11 bits per heavy atom. The average Bonchev–Trinajstić information content (AvgIpc) is 2.63. The van der Waals surface area contributed by atoms with Crippen molar-refractivity contribution in [2.75, 3.05) is 20.3 Å². The maximum Gasteiger partial charge on any atom is 0.216 e. The molecule has 1 heterocycles. The first-order valence-corrected chi connectivity index (χ1v) is 6.79. The van der Waals surface area contributed by atoms with E-state index >= 15 is 0 Å². The molecule has 5 nitrogen and oxygen atoms in total. The van der Waals surface area contributed by atoms with E-state index in [1.165, 1.54) is 0 Å². The molecule has 0 fully saturated rings. The minimum Gasteiger partial charge on any atom is -0.481 e. The van der Waals surface area contributed by atoms with Crippen LogP contribution in [0.4, 0.5) is 0 Å². The van der Waals surface area contributed by atoms with Gasteiger partial charge in [0.15, 0.2) is 0 Å². The fraction of sp³-hybridized carbons (Fsp3) is 0.786. The highest BCUT2D eigenvalue weighted by molar-refractivity contribution is 5.30. The van der Waals surface area contributed by atoms with E-state index in [0.717, 1.165) is 43.1 Å². The normalized spacial score (nSPS) is 11.9. The van der Waals surface area contributed by atoms with Crippen LogP contribution < -0.4 is 10.1 Å². The van der Waals surface area contributed by atoms with Crippen LogP contribution in [0.15, 0.2) is 0 Å². The van der Waals surface area contributed by atoms with Crippen molar-refractivity contribution in [1.29, 1.82) is 0 Å². The Hall–Kier alpha value is -1.07. The molecule has 0 spiro atoms. The van der Waals surface area contributed by atoms with Gasteiger partial charge in [-0.1, -0.05) is 13.8 Å². The van der Waals surface area contributed by atoms with Crippen LogP contribution in [0.3, 0.4) is 0 Å². The number of hydrogen-bond donors (Lipinski definition) is 2. The number of aryl methyl sites for hydroxylation is 2. The van der Waals surface area contributed by atoms with Gasteiger partial charge in [-0.15, -0.1) is 0 Å². The SMILES string of the molecule is COc1c(CNCCCC(C)(C)CO)c(C)nn1C. The number of hydrogen-bond acceptors (Lipinski definition) is 4. The number of nitrogens with zero attached hydrogens (tertiary/aromatic N) is 2. The van der Waals surface area contributed by atoms with Gasteiger partial charge in [-0.05, 0) is 31.7 Å². The molecule has 110 valence electrons. The number of aromatic nitrogens is 2. The molecule has 0 saturated carbocycles. The number of nitrogens with one attached hydrogen (secondary N) is 1. The Balaban J connectivity index is 2.38. The summed E-state index contributed by atoms with van der Waals surface area (Å²) in [5.41, 5.74) is 2.14. The van der Waals surface area contributed by atoms with Gasteiger partial charge >= 0.3 is 0 Å². The van der Waals surface area contributed by atoms with Crippen LogP contribution >= 0.6 is 0 Å². The first-order valence-electron chi connectivity index (χ1n) is 6.79. The molecule has 0 aliphatic heterocycles. The van der Waals surface area contributed by atoms with E-state index in [1.54, 1.807) is 11.8 Å². The second kappa shape index (κ2) is 6.91. The van der Waals surface area contributed by atoms with Gasteiger partial charge in [0, 0.05) is 20.2 Å². The van der Waals surface area contributed by atoms with Gasteiger partial charge in [0.25, 0.3) is 0 Å². The summed E-state index contributed by atoms with van der Waals surface area (Å²) in [5, 5.41) is 17.0. The van der Waals surface area contributed by atoms with Crippen molar-refractivity contribution in [3.05, 3.63) is 11.3 Å². The molecule has 0 bridgehead atoms. The number of methoxy groups -OCH3 is 1. The van der Waals surface area contributed by atoms with Crippen molar-refractivity contribution in [2.45, 2.75) is 40.2 Å². The van der Waals surface area contributed by atoms with Crippen molar-refractivity contribution in [3.8, 4) is 5.88 Å². The van der Waals surface area contributed by atoms with Crippen molar-refractivity contribution in [3.63, 3.8) is 0 Å². The van der Waals surface area contributed by atoms with Gasteiger partial charge in [-0.3, -0.25) is 0 Å². The lowest BCUT2D eigenvalue weighted by Crippen LogP contribution is -2.21. The third-order valence-corrected chi connectivity index (χ3v) is 3.42. The molecule has 0 saturated heterocycles. The molecule has 0 amide bonds. The molecular formula is C14H27N3O2. The highest BCUT2D eigenvalue weighted by Crippen LogP contribution is 2.22. The predicted octanol–water partition coefficient (Wildman–Crippen LogP) is 1.63. The van der Waals surface area contributed by atoms with Crippen LogP contribution in [0.5, 0.6) is 5.88 Å². The third kappa shape index (κ3) is 4.51. The molecule has 1 aromatic heterocycles. The van der Waals surface area contributed by atoms with E-state index in [2.05, 4.69) is 24.3 Å². The fourth-order valence-corrected chi connectivity index (χ4v) is 2.12. The number of aliphatic hydroxyl groups is 1. The van der Waals surface area contributed by atoms with Crippen LogP contribution in [0, 0.1) is 12.3 Å². The van der Waals surface area contributed by atoms with E-state index in [1.807, 2.05) is 14.0 Å². The molecule has 2 N–H and O–H groups in total. The Labute approximate surface area is 116 Å². The molecule has 0 aromatic carbocycles. The smallest absolute Gasteiger partial charge is 0.216 e. The van der Waals surface area contributed by atoms with E-state index in [4.69, 9.17) is 4.74 Å². The van der Waals surface area contributed by atoms with E-state index < -0.39 is 0 Å². The lowest BCUT2D eigenvalue weighted by molar-refractivity contribution is 0.148. The average molecular weight is 269 g/mol. The van der Waals surface area contributed by atoms with Crippen LogP contribution in [-0.4, -0.2) is 35.1 Å². The maximum atomic E-state index is 9.19. The van der Waals surface area contributed by atoms with Gasteiger partial charge in [0.05, 0.1) is 18.4 Å². The number of ether oxygens (including phenoxy) is 1. The molecule has 0 aliphatic rings. The van der Waals surface area contributed by atoms with Crippen LogP contribution in [0.1, 0.15) is 37.9 Å². The van der Waals surface area contributed by atoms with Crippen molar-refractivity contribution in [2.24, 2.45) is 12.5 Å². The highest BCUT2D eigenvalue weighted by atomic mass is 16.5. The lowest BCUT2D eigenvalue weighted by Gasteiger charge is -2.21. The molecule has 1 rings (SSSR count). The lowest BCUT2D eigenvalue weighted by atomic mass is 9.89. The first kappa shape index (κ1) is 16.0. The standard InChI is InChI=1S/C14H27N3O2/c1-11-12(13(19-5)17(4)16-11)9-15-8-6-7-14(2,3)10-18/h15,18H,6-10H2,1-5H3. The summed E-state index contributed by atoms with van der Waals surface area (Å²) in [5.74, 6) is 0.820. The highest BCUT2D eigenvalue weighted by Gasteiger charge is 2.16. The van der Waals surface area contributed by atoms with Crippen molar-refractivity contribution >= 4 is 0 Å². The summed E-state index contributed by atoms with van der Waals surface area (Å²) in [6, 6.07) is 0. The van der Waals surface area contributed by atoms with E-state index in [0.29, 0.717) is 0 Å². The zero-order valence-corrected chi connectivity index (χ0v) is 12.8. The zero-order valence-electron chi connectivity index (χ0n) is 12.8. The minimum absolute atomic E-state index is 0.0174. The van der Waals surface area contributed by atoms with Gasteiger partial charge < -0.3 is 15.2 Å². The molecule has 19 heavy (non-hydrogen) atoms. The maximum absolute atomic E-state index is 9.19. The molecule has 0 aliphatic carbocycles. The molecule has 5 heteroatoms. The number of aliphatic hydroxyl groups excluding tert-OH is 1. The third-order valence-electron chi connectivity index (χ3n) is 3.42. The Kier molecular flexibility index (Phi) is 5.82. The van der Waals surface area contributed by atoms with E-state index in [9.17, 15) is 5.11 Å². The van der Waals surface area contributed by atoms with E-state index in [-0.39, 0.29) is 12.0 Å². The topological polar surface area (TPSA) is 59.3 Å². The monoisotopic (exact) mass is 269 g/mol. The molecule has 0 radical (unpaired) electrons. The van der Waals surface area contributed by atoms with Crippen molar-refractivity contribution in [1.82, 2.24) is 15.1 Å². The predicted molar refractivity (Wildman–Crippen MR) is 76.3 cm³/mol. The quantitative estimate of drug-likeness (QED) is 0.704. The molecule has 0 unspecified atom stereocenters. The zero-order chi connectivity index (χ0) is 14.5. The molecular weight excluding hydrogens is 242 g/mol. The molecule has 0 atom stereocenters. The largest absolute Gasteiger partial charge is 0.481 e. The fourth-order valence-electron chi connectivity index (χ4n) is 2.12. The Morgan fingerprint density at radius 1 is 1.42 bits per heavy atom. The summed E-state index contributed by atoms with van der Waals surface area (Å²) >= 11 is 0.